The van der Waals surface area contributed by atoms with Crippen LogP contribution in [-0.4, -0.2) is 19.6 Å². The predicted octanol–water partition coefficient (Wildman–Crippen LogP) is 2.18. The molecule has 0 saturated carbocycles. The molecule has 0 radical (unpaired) electrons. The number of halogens is 3. The molecule has 1 aromatic rings. The highest BCUT2D eigenvalue weighted by Gasteiger charge is 2.27. The van der Waals surface area contributed by atoms with Gasteiger partial charge in [-0.15, -0.1) is 0 Å². The fourth-order valence-electron chi connectivity index (χ4n) is 0.831. The second-order valence-electron chi connectivity index (χ2n) is 2.79. The SMILES string of the molecule is Nc1ccc(OCOCC(F)(F)F)cc1. The van der Waals surface area contributed by atoms with E-state index >= 15 is 0 Å². The highest BCUT2D eigenvalue weighted by atomic mass is 19.4. The molecule has 0 spiro atoms. The van der Waals surface area contributed by atoms with Crippen molar-refractivity contribution in [1.29, 1.82) is 0 Å². The minimum atomic E-state index is -4.33. The summed E-state index contributed by atoms with van der Waals surface area (Å²) in [4.78, 5) is 0. The molecule has 84 valence electrons. The third kappa shape index (κ3) is 5.11. The van der Waals surface area contributed by atoms with Crippen molar-refractivity contribution in [3.63, 3.8) is 0 Å². The zero-order chi connectivity index (χ0) is 11.3. The second-order valence-corrected chi connectivity index (χ2v) is 2.79. The maximum atomic E-state index is 11.6. The molecule has 3 nitrogen and oxygen atoms in total. The van der Waals surface area contributed by atoms with Gasteiger partial charge in [0.2, 0.25) is 0 Å². The third-order valence-corrected chi connectivity index (χ3v) is 1.45. The normalized spacial score (nSPS) is 11.4. The van der Waals surface area contributed by atoms with Gasteiger partial charge in [-0.05, 0) is 24.3 Å². The largest absolute Gasteiger partial charge is 0.468 e. The predicted molar refractivity (Wildman–Crippen MR) is 48.4 cm³/mol. The van der Waals surface area contributed by atoms with Crippen molar-refractivity contribution >= 4 is 5.69 Å². The van der Waals surface area contributed by atoms with Gasteiger partial charge in [0, 0.05) is 5.69 Å². The topological polar surface area (TPSA) is 44.5 Å². The zero-order valence-electron chi connectivity index (χ0n) is 7.75. The van der Waals surface area contributed by atoms with Crippen molar-refractivity contribution in [1.82, 2.24) is 0 Å². The minimum Gasteiger partial charge on any atom is -0.468 e. The van der Waals surface area contributed by atoms with E-state index in [-0.39, 0.29) is 0 Å². The minimum absolute atomic E-state index is 0.409. The number of benzene rings is 1. The summed E-state index contributed by atoms with van der Waals surface area (Å²) in [6.45, 7) is -1.76. The molecule has 1 rings (SSSR count). The molecule has 0 bridgehead atoms. The number of nitrogens with two attached hydrogens (primary N) is 1. The Bertz CT molecular complexity index is 297. The molecular formula is C9H10F3NO2. The van der Waals surface area contributed by atoms with Gasteiger partial charge < -0.3 is 15.2 Å². The lowest BCUT2D eigenvalue weighted by atomic mass is 10.3. The third-order valence-electron chi connectivity index (χ3n) is 1.45. The molecule has 0 unspecified atom stereocenters. The fourth-order valence-corrected chi connectivity index (χ4v) is 0.831. The van der Waals surface area contributed by atoms with Gasteiger partial charge in [-0.25, -0.2) is 0 Å². The van der Waals surface area contributed by atoms with E-state index in [4.69, 9.17) is 10.5 Å². The van der Waals surface area contributed by atoms with Crippen LogP contribution in [0.1, 0.15) is 0 Å². The van der Waals surface area contributed by atoms with E-state index < -0.39 is 19.6 Å². The monoisotopic (exact) mass is 221 g/mol. The van der Waals surface area contributed by atoms with Crippen LogP contribution in [0.5, 0.6) is 5.75 Å². The summed E-state index contributed by atoms with van der Waals surface area (Å²) < 4.78 is 44.0. The average Bonchev–Trinajstić information content (AvgIpc) is 2.14. The molecule has 1 aromatic carbocycles. The number of ether oxygens (including phenoxy) is 2. The van der Waals surface area contributed by atoms with E-state index in [9.17, 15) is 13.2 Å². The summed E-state index contributed by atoms with van der Waals surface area (Å²) in [6, 6.07) is 6.26. The fraction of sp³-hybridized carbons (Fsp3) is 0.333. The molecular weight excluding hydrogens is 211 g/mol. The summed E-state index contributed by atoms with van der Waals surface area (Å²) in [7, 11) is 0. The number of hydrogen-bond donors (Lipinski definition) is 1. The summed E-state index contributed by atoms with van der Waals surface area (Å²) in [5.74, 6) is 0.409. The van der Waals surface area contributed by atoms with Crippen LogP contribution in [0.15, 0.2) is 24.3 Å². The lowest BCUT2D eigenvalue weighted by molar-refractivity contribution is -0.186. The van der Waals surface area contributed by atoms with Crippen LogP contribution < -0.4 is 10.5 Å². The van der Waals surface area contributed by atoms with Gasteiger partial charge in [-0.2, -0.15) is 13.2 Å². The maximum Gasteiger partial charge on any atom is 0.411 e. The van der Waals surface area contributed by atoms with Crippen LogP contribution in [0, 0.1) is 0 Å². The number of alkyl halides is 3. The van der Waals surface area contributed by atoms with Crippen LogP contribution in [0.25, 0.3) is 0 Å². The molecule has 0 aliphatic rings. The van der Waals surface area contributed by atoms with Gasteiger partial charge in [0.15, 0.2) is 6.79 Å². The summed E-state index contributed by atoms with van der Waals surface area (Å²) >= 11 is 0. The molecule has 2 N–H and O–H groups in total. The molecule has 0 aliphatic carbocycles. The van der Waals surface area contributed by atoms with E-state index in [1.807, 2.05) is 0 Å². The lowest BCUT2D eigenvalue weighted by Crippen LogP contribution is -2.19. The number of hydrogen-bond acceptors (Lipinski definition) is 3. The first-order valence-corrected chi connectivity index (χ1v) is 4.10. The Kier molecular flexibility index (Phi) is 3.79. The number of rotatable bonds is 4. The molecule has 0 heterocycles. The Morgan fingerprint density at radius 1 is 1.13 bits per heavy atom. The zero-order valence-corrected chi connectivity index (χ0v) is 7.75. The Labute approximate surface area is 84.6 Å². The second kappa shape index (κ2) is 4.88. The first-order valence-electron chi connectivity index (χ1n) is 4.10. The van der Waals surface area contributed by atoms with Gasteiger partial charge in [-0.1, -0.05) is 0 Å². The molecule has 0 aromatic heterocycles. The molecule has 6 heteroatoms. The van der Waals surface area contributed by atoms with Crippen molar-refractivity contribution < 1.29 is 22.6 Å². The van der Waals surface area contributed by atoms with Crippen molar-refractivity contribution in [2.75, 3.05) is 19.1 Å². The Hall–Kier alpha value is -1.43. The average molecular weight is 221 g/mol. The molecule has 0 saturated heterocycles. The van der Waals surface area contributed by atoms with Gasteiger partial charge >= 0.3 is 6.18 Å². The van der Waals surface area contributed by atoms with Crippen molar-refractivity contribution in [2.24, 2.45) is 0 Å². The van der Waals surface area contributed by atoms with Crippen molar-refractivity contribution in [3.05, 3.63) is 24.3 Å². The van der Waals surface area contributed by atoms with Gasteiger partial charge in [0.1, 0.15) is 12.4 Å². The van der Waals surface area contributed by atoms with Gasteiger partial charge in [0.05, 0.1) is 0 Å². The highest BCUT2D eigenvalue weighted by Crippen LogP contribution is 2.16. The van der Waals surface area contributed by atoms with Crippen LogP contribution in [0.4, 0.5) is 18.9 Å². The quantitative estimate of drug-likeness (QED) is 0.481. The molecule has 15 heavy (non-hydrogen) atoms. The summed E-state index contributed by atoms with van der Waals surface area (Å²) in [5, 5.41) is 0. The van der Waals surface area contributed by atoms with Crippen molar-refractivity contribution in [3.8, 4) is 5.75 Å². The standard InChI is InChI=1S/C9H10F3NO2/c10-9(11,12)5-14-6-15-8-3-1-7(13)2-4-8/h1-4H,5-6,13H2. The van der Waals surface area contributed by atoms with E-state index in [0.717, 1.165) is 0 Å². The Morgan fingerprint density at radius 2 is 1.73 bits per heavy atom. The van der Waals surface area contributed by atoms with E-state index in [1.165, 1.54) is 0 Å². The summed E-state index contributed by atoms with van der Waals surface area (Å²) in [5.41, 5.74) is 5.96. The van der Waals surface area contributed by atoms with E-state index in [0.29, 0.717) is 11.4 Å². The first-order chi connectivity index (χ1) is 6.97. The van der Waals surface area contributed by atoms with Gasteiger partial charge in [-0.3, -0.25) is 0 Å². The van der Waals surface area contributed by atoms with Crippen LogP contribution in [0.3, 0.4) is 0 Å². The van der Waals surface area contributed by atoms with Crippen LogP contribution in [-0.2, 0) is 4.74 Å². The van der Waals surface area contributed by atoms with E-state index in [1.54, 1.807) is 24.3 Å². The van der Waals surface area contributed by atoms with Gasteiger partial charge in [0.25, 0.3) is 0 Å². The smallest absolute Gasteiger partial charge is 0.411 e. The van der Waals surface area contributed by atoms with E-state index in [2.05, 4.69) is 4.74 Å². The highest BCUT2D eigenvalue weighted by molar-refractivity contribution is 5.41. The molecule has 0 atom stereocenters. The van der Waals surface area contributed by atoms with Crippen LogP contribution >= 0.6 is 0 Å². The Balaban J connectivity index is 2.23. The molecule has 0 fully saturated rings. The lowest BCUT2D eigenvalue weighted by Gasteiger charge is -2.09. The summed E-state index contributed by atoms with van der Waals surface area (Å²) in [6.07, 6.45) is -4.33. The first kappa shape index (κ1) is 11.6. The van der Waals surface area contributed by atoms with Crippen LogP contribution in [0.2, 0.25) is 0 Å². The maximum absolute atomic E-state index is 11.6. The number of anilines is 1. The molecule has 0 aliphatic heterocycles. The van der Waals surface area contributed by atoms with Crippen molar-refractivity contribution in [2.45, 2.75) is 6.18 Å². The Morgan fingerprint density at radius 3 is 2.27 bits per heavy atom. The molecule has 0 amide bonds. The number of nitrogen functional groups attached to an aromatic ring is 1.